The van der Waals surface area contributed by atoms with E-state index >= 15 is 0 Å². The van der Waals surface area contributed by atoms with Crippen molar-refractivity contribution < 1.29 is 14.3 Å². The lowest BCUT2D eigenvalue weighted by Crippen LogP contribution is -2.28. The van der Waals surface area contributed by atoms with Crippen LogP contribution in [-0.2, 0) is 21.0 Å². The molecule has 0 aliphatic carbocycles. The molecule has 0 saturated carbocycles. The maximum atomic E-state index is 12.6. The maximum absolute atomic E-state index is 12.6. The summed E-state index contributed by atoms with van der Waals surface area (Å²) in [5.41, 5.74) is 1.13. The van der Waals surface area contributed by atoms with Crippen LogP contribution in [0.1, 0.15) is 30.3 Å². The van der Waals surface area contributed by atoms with Gasteiger partial charge in [0.25, 0.3) is 0 Å². The molecule has 150 valence electrons. The molecular weight excluding hydrogens is 384 g/mol. The largest absolute Gasteiger partial charge is 0.444 e. The third-order valence-electron chi connectivity index (χ3n) is 5.12. The van der Waals surface area contributed by atoms with Gasteiger partial charge in [0.05, 0.1) is 12.0 Å². The summed E-state index contributed by atoms with van der Waals surface area (Å²) in [6, 6.07) is 18.6. The van der Waals surface area contributed by atoms with Gasteiger partial charge in [-0.15, -0.1) is 0 Å². The Kier molecular flexibility index (Phi) is 6.32. The van der Waals surface area contributed by atoms with Gasteiger partial charge in [-0.1, -0.05) is 48.2 Å². The molecule has 3 aromatic rings. The van der Waals surface area contributed by atoms with Gasteiger partial charge in [0.1, 0.15) is 5.82 Å². The molecule has 1 saturated heterocycles. The normalized spacial score (nSPS) is 19.1. The topological polar surface area (TPSA) is 53.4 Å². The fourth-order valence-electron chi connectivity index (χ4n) is 3.47. The van der Waals surface area contributed by atoms with Crippen molar-refractivity contribution in [2.45, 2.75) is 42.4 Å². The number of nitrogens with zero attached hydrogens (tertiary/aromatic N) is 2. The van der Waals surface area contributed by atoms with E-state index in [4.69, 9.17) is 9.47 Å². The SMILES string of the molecule is Cc1nccn1COC(=O)C1CCOC(c2ccccc2Sc2ccccc2)C1. The second-order valence-corrected chi connectivity index (χ2v) is 8.19. The quantitative estimate of drug-likeness (QED) is 0.537. The maximum Gasteiger partial charge on any atom is 0.310 e. The van der Waals surface area contributed by atoms with Gasteiger partial charge in [-0.05, 0) is 43.5 Å². The van der Waals surface area contributed by atoms with Crippen LogP contribution < -0.4 is 0 Å². The van der Waals surface area contributed by atoms with E-state index in [1.807, 2.05) is 48.0 Å². The van der Waals surface area contributed by atoms with E-state index in [1.54, 1.807) is 18.0 Å². The molecule has 1 aliphatic rings. The highest BCUT2D eigenvalue weighted by atomic mass is 32.2. The number of imidazole rings is 1. The average Bonchev–Trinajstić information content (AvgIpc) is 3.18. The zero-order chi connectivity index (χ0) is 20.1. The zero-order valence-electron chi connectivity index (χ0n) is 16.4. The van der Waals surface area contributed by atoms with Crippen LogP contribution in [0.15, 0.2) is 76.8 Å². The fourth-order valence-corrected chi connectivity index (χ4v) is 4.48. The molecule has 0 amide bonds. The lowest BCUT2D eigenvalue weighted by molar-refractivity contribution is -0.158. The summed E-state index contributed by atoms with van der Waals surface area (Å²) < 4.78 is 13.4. The van der Waals surface area contributed by atoms with Gasteiger partial charge in [-0.25, -0.2) is 4.98 Å². The third kappa shape index (κ3) is 4.89. The van der Waals surface area contributed by atoms with Crippen molar-refractivity contribution in [2.75, 3.05) is 6.61 Å². The van der Waals surface area contributed by atoms with Crippen LogP contribution in [0.3, 0.4) is 0 Å². The number of hydrogen-bond donors (Lipinski definition) is 0. The molecule has 2 aromatic carbocycles. The standard InChI is InChI=1S/C23H24N2O3S/c1-17-24-12-13-25(17)16-28-23(26)18-11-14-27-21(15-18)20-9-5-6-10-22(20)29-19-7-3-2-4-8-19/h2-10,12-13,18,21H,11,14-16H2,1H3. The Hall–Kier alpha value is -2.57. The van der Waals surface area contributed by atoms with E-state index in [-0.39, 0.29) is 24.7 Å². The minimum absolute atomic E-state index is 0.108. The number of rotatable bonds is 6. The molecule has 2 heterocycles. The second kappa shape index (κ2) is 9.29. The van der Waals surface area contributed by atoms with Gasteiger partial charge >= 0.3 is 5.97 Å². The molecule has 4 rings (SSSR count). The van der Waals surface area contributed by atoms with Crippen LogP contribution in [0.25, 0.3) is 0 Å². The van der Waals surface area contributed by atoms with E-state index in [2.05, 4.69) is 29.2 Å². The van der Waals surface area contributed by atoms with Gasteiger partial charge in [-0.3, -0.25) is 4.79 Å². The molecule has 1 fully saturated rings. The van der Waals surface area contributed by atoms with E-state index in [1.165, 1.54) is 4.90 Å². The molecule has 0 spiro atoms. The molecule has 6 heteroatoms. The first-order chi connectivity index (χ1) is 14.2. The summed E-state index contributed by atoms with van der Waals surface area (Å²) >= 11 is 1.72. The number of aryl methyl sites for hydroxylation is 1. The highest BCUT2D eigenvalue weighted by Crippen LogP contribution is 2.39. The van der Waals surface area contributed by atoms with Crippen molar-refractivity contribution in [3.63, 3.8) is 0 Å². The smallest absolute Gasteiger partial charge is 0.310 e. The van der Waals surface area contributed by atoms with Gasteiger partial charge in [-0.2, -0.15) is 0 Å². The molecule has 5 nitrogen and oxygen atoms in total. The zero-order valence-corrected chi connectivity index (χ0v) is 17.2. The predicted octanol–water partition coefficient (Wildman–Crippen LogP) is 5.01. The predicted molar refractivity (Wildman–Crippen MR) is 111 cm³/mol. The van der Waals surface area contributed by atoms with Gasteiger partial charge in [0.2, 0.25) is 0 Å². The number of ether oxygens (including phenoxy) is 2. The Morgan fingerprint density at radius 1 is 1.21 bits per heavy atom. The molecule has 2 atom stereocenters. The summed E-state index contributed by atoms with van der Waals surface area (Å²) in [6.45, 7) is 2.64. The van der Waals surface area contributed by atoms with Gasteiger partial charge < -0.3 is 14.0 Å². The van der Waals surface area contributed by atoms with E-state index in [0.29, 0.717) is 19.4 Å². The van der Waals surface area contributed by atoms with Crippen LogP contribution in [0.2, 0.25) is 0 Å². The number of esters is 1. The van der Waals surface area contributed by atoms with E-state index < -0.39 is 0 Å². The molecule has 1 aliphatic heterocycles. The summed E-state index contributed by atoms with van der Waals surface area (Å²) in [5.74, 6) is 0.501. The Morgan fingerprint density at radius 2 is 2.00 bits per heavy atom. The Bertz CT molecular complexity index is 958. The number of aromatic nitrogens is 2. The Balaban J connectivity index is 1.43. The highest BCUT2D eigenvalue weighted by molar-refractivity contribution is 7.99. The lowest BCUT2D eigenvalue weighted by atomic mass is 9.92. The number of benzene rings is 2. The Morgan fingerprint density at radius 3 is 2.79 bits per heavy atom. The van der Waals surface area contributed by atoms with Crippen LogP contribution in [0.4, 0.5) is 0 Å². The van der Waals surface area contributed by atoms with Crippen LogP contribution in [-0.4, -0.2) is 22.1 Å². The van der Waals surface area contributed by atoms with Gasteiger partial charge in [0.15, 0.2) is 6.73 Å². The Labute approximate surface area is 175 Å². The lowest BCUT2D eigenvalue weighted by Gasteiger charge is -2.29. The van der Waals surface area contributed by atoms with Crippen molar-refractivity contribution in [2.24, 2.45) is 5.92 Å². The molecule has 2 unspecified atom stereocenters. The molecule has 0 radical (unpaired) electrons. The first-order valence-electron chi connectivity index (χ1n) is 9.78. The minimum Gasteiger partial charge on any atom is -0.444 e. The van der Waals surface area contributed by atoms with Crippen molar-refractivity contribution in [3.8, 4) is 0 Å². The van der Waals surface area contributed by atoms with Crippen LogP contribution in [0, 0.1) is 12.8 Å². The average molecular weight is 409 g/mol. The first-order valence-corrected chi connectivity index (χ1v) is 10.6. The fraction of sp³-hybridized carbons (Fsp3) is 0.304. The molecule has 0 bridgehead atoms. The van der Waals surface area contributed by atoms with E-state index in [9.17, 15) is 4.79 Å². The van der Waals surface area contributed by atoms with E-state index in [0.717, 1.165) is 16.3 Å². The molecule has 1 aromatic heterocycles. The number of hydrogen-bond acceptors (Lipinski definition) is 5. The molecular formula is C23H24N2O3S. The van der Waals surface area contributed by atoms with Crippen molar-refractivity contribution in [1.29, 1.82) is 0 Å². The number of carbonyl (C=O) groups is 1. The minimum atomic E-state index is -0.167. The highest BCUT2D eigenvalue weighted by Gasteiger charge is 2.31. The summed E-state index contributed by atoms with van der Waals surface area (Å²) in [7, 11) is 0. The first kappa shape index (κ1) is 19.7. The number of carbonyl (C=O) groups excluding carboxylic acids is 1. The van der Waals surface area contributed by atoms with Crippen LogP contribution >= 0.6 is 11.8 Å². The van der Waals surface area contributed by atoms with Crippen molar-refractivity contribution in [1.82, 2.24) is 9.55 Å². The summed E-state index contributed by atoms with van der Waals surface area (Å²) in [5, 5.41) is 0. The molecule has 29 heavy (non-hydrogen) atoms. The molecule has 0 N–H and O–H groups in total. The van der Waals surface area contributed by atoms with Crippen molar-refractivity contribution in [3.05, 3.63) is 78.4 Å². The van der Waals surface area contributed by atoms with Crippen molar-refractivity contribution >= 4 is 17.7 Å². The second-order valence-electron chi connectivity index (χ2n) is 7.07. The summed E-state index contributed by atoms with van der Waals surface area (Å²) in [4.78, 5) is 19.1. The monoisotopic (exact) mass is 408 g/mol. The van der Waals surface area contributed by atoms with Gasteiger partial charge in [0, 0.05) is 28.8 Å². The summed E-state index contributed by atoms with van der Waals surface area (Å²) in [6.07, 6.45) is 4.73. The van der Waals surface area contributed by atoms with Crippen LogP contribution in [0.5, 0.6) is 0 Å². The third-order valence-corrected chi connectivity index (χ3v) is 6.22.